The Morgan fingerprint density at radius 1 is 1.17 bits per heavy atom. The predicted molar refractivity (Wildman–Crippen MR) is 143 cm³/mol. The van der Waals surface area contributed by atoms with Gasteiger partial charge in [0, 0.05) is 40.3 Å². The number of piperidine rings is 1. The lowest BCUT2D eigenvalue weighted by atomic mass is 10.1. The molecular formula is C25H26ClFN4O3S2. The molecule has 1 aliphatic heterocycles. The van der Waals surface area contributed by atoms with Crippen molar-refractivity contribution in [1.82, 2.24) is 4.98 Å². The molecule has 3 heterocycles. The summed E-state index contributed by atoms with van der Waals surface area (Å²) in [4.78, 5) is 20.7. The average molecular weight is 549 g/mol. The minimum atomic E-state index is -3.51. The van der Waals surface area contributed by atoms with Crippen molar-refractivity contribution in [2.45, 2.75) is 20.8 Å². The van der Waals surface area contributed by atoms with Crippen LogP contribution < -0.4 is 14.9 Å². The maximum absolute atomic E-state index is 15.2. The van der Waals surface area contributed by atoms with E-state index in [1.54, 1.807) is 12.3 Å². The normalized spacial score (nSPS) is 20.2. The highest BCUT2D eigenvalue weighted by atomic mass is 35.5. The third-order valence-electron chi connectivity index (χ3n) is 7.17. The van der Waals surface area contributed by atoms with Crippen LogP contribution in [0.5, 0.6) is 0 Å². The SMILES string of the molecule is Cc1sc(C(=O)Nc2cc(Cl)cc(NS(C)(=O)=O)c2)cc1-c1ncc(N2CC3C(C2)C3(C)C)cc1F. The van der Waals surface area contributed by atoms with Crippen LogP contribution in [0.4, 0.5) is 21.5 Å². The number of aryl methyl sites for hydroxylation is 1. The largest absolute Gasteiger partial charge is 0.370 e. The summed E-state index contributed by atoms with van der Waals surface area (Å²) in [5.41, 5.74) is 2.48. The Hall–Kier alpha value is -2.69. The molecule has 2 N–H and O–H groups in total. The summed E-state index contributed by atoms with van der Waals surface area (Å²) < 4.78 is 40.5. The van der Waals surface area contributed by atoms with Gasteiger partial charge in [0.1, 0.15) is 5.69 Å². The lowest BCUT2D eigenvalue weighted by Gasteiger charge is -2.24. The summed E-state index contributed by atoms with van der Waals surface area (Å²) in [6.07, 6.45) is 2.73. The molecule has 1 saturated heterocycles. The molecule has 2 unspecified atom stereocenters. The zero-order valence-corrected chi connectivity index (χ0v) is 22.6. The van der Waals surface area contributed by atoms with E-state index in [-0.39, 0.29) is 16.4 Å². The number of anilines is 3. The zero-order valence-electron chi connectivity index (χ0n) is 20.2. The van der Waals surface area contributed by atoms with Crippen LogP contribution in [0.15, 0.2) is 36.5 Å². The molecule has 1 amide bonds. The van der Waals surface area contributed by atoms with E-state index < -0.39 is 21.7 Å². The summed E-state index contributed by atoms with van der Waals surface area (Å²) in [7, 11) is -3.51. The standard InChI is InChI=1S/C25H26ClFN4O3S2/c1-13-18(23-21(27)8-17(10-28-23)31-11-19-20(12-31)25(19,2)3)9-22(35-13)24(32)29-15-5-14(26)6-16(7-15)30-36(4,33)34/h5-10,19-20,30H,11-12H2,1-4H3,(H,29,32). The van der Waals surface area contributed by atoms with Gasteiger partial charge in [0.2, 0.25) is 10.0 Å². The van der Waals surface area contributed by atoms with Gasteiger partial charge in [-0.2, -0.15) is 0 Å². The molecule has 11 heteroatoms. The van der Waals surface area contributed by atoms with E-state index in [1.165, 1.54) is 35.6 Å². The number of hydrogen-bond acceptors (Lipinski definition) is 6. The number of carbonyl (C=O) groups excluding carboxylic acids is 1. The van der Waals surface area contributed by atoms with E-state index in [2.05, 4.69) is 33.8 Å². The van der Waals surface area contributed by atoms with E-state index in [9.17, 15) is 13.2 Å². The summed E-state index contributed by atoms with van der Waals surface area (Å²) in [6.45, 7) is 8.23. The highest BCUT2D eigenvalue weighted by Gasteiger charge is 2.61. The first-order chi connectivity index (χ1) is 16.8. The molecule has 1 aliphatic carbocycles. The molecule has 0 spiro atoms. The van der Waals surface area contributed by atoms with Gasteiger partial charge >= 0.3 is 0 Å². The Morgan fingerprint density at radius 3 is 2.47 bits per heavy atom. The van der Waals surface area contributed by atoms with Gasteiger partial charge in [-0.25, -0.2) is 12.8 Å². The van der Waals surface area contributed by atoms with Crippen LogP contribution in [-0.4, -0.2) is 38.7 Å². The Balaban J connectivity index is 1.33. The lowest BCUT2D eigenvalue weighted by Crippen LogP contribution is -2.26. The fourth-order valence-electron chi connectivity index (χ4n) is 5.10. The second kappa shape index (κ2) is 8.71. The third-order valence-corrected chi connectivity index (χ3v) is 9.04. The molecule has 2 atom stereocenters. The molecule has 7 nitrogen and oxygen atoms in total. The number of nitrogens with zero attached hydrogens (tertiary/aromatic N) is 2. The van der Waals surface area contributed by atoms with Crippen LogP contribution in [-0.2, 0) is 10.0 Å². The van der Waals surface area contributed by atoms with Gasteiger partial charge in [-0.05, 0) is 48.4 Å². The van der Waals surface area contributed by atoms with Crippen LogP contribution in [0.3, 0.4) is 0 Å². The number of sulfonamides is 1. The fourth-order valence-corrected chi connectivity index (χ4v) is 6.80. The van der Waals surface area contributed by atoms with Crippen LogP contribution in [0.1, 0.15) is 28.4 Å². The number of thiophene rings is 1. The molecule has 0 radical (unpaired) electrons. The number of nitrogens with one attached hydrogen (secondary N) is 2. The van der Waals surface area contributed by atoms with E-state index in [0.29, 0.717) is 33.4 Å². The Bertz CT molecular complexity index is 1470. The number of halogens is 2. The van der Waals surface area contributed by atoms with Crippen molar-refractivity contribution in [2.24, 2.45) is 17.3 Å². The quantitative estimate of drug-likeness (QED) is 0.417. The van der Waals surface area contributed by atoms with Crippen LogP contribution in [0.25, 0.3) is 11.3 Å². The third kappa shape index (κ3) is 4.81. The highest BCUT2D eigenvalue weighted by Crippen LogP contribution is 2.62. The predicted octanol–water partition coefficient (Wildman–Crippen LogP) is 5.63. The molecule has 2 aliphatic rings. The lowest BCUT2D eigenvalue weighted by molar-refractivity contribution is 0.103. The molecule has 36 heavy (non-hydrogen) atoms. The molecular weight excluding hydrogens is 523 g/mol. The highest BCUT2D eigenvalue weighted by molar-refractivity contribution is 7.92. The van der Waals surface area contributed by atoms with Gasteiger partial charge in [0.25, 0.3) is 5.91 Å². The number of aromatic nitrogens is 1. The van der Waals surface area contributed by atoms with Crippen molar-refractivity contribution >= 4 is 55.9 Å². The second-order valence-electron chi connectivity index (χ2n) is 10.1. The molecule has 5 rings (SSSR count). The number of pyridine rings is 1. The van der Waals surface area contributed by atoms with Gasteiger partial charge in [-0.15, -0.1) is 11.3 Å². The average Bonchev–Trinajstić information content (AvgIpc) is 3.14. The van der Waals surface area contributed by atoms with Crippen molar-refractivity contribution in [3.8, 4) is 11.3 Å². The second-order valence-corrected chi connectivity index (χ2v) is 13.5. The molecule has 1 aromatic carbocycles. The first-order valence-electron chi connectivity index (χ1n) is 11.4. The van der Waals surface area contributed by atoms with Crippen LogP contribution in [0.2, 0.25) is 5.02 Å². The number of fused-ring (bicyclic) bond motifs is 1. The topological polar surface area (TPSA) is 91.4 Å². The van der Waals surface area contributed by atoms with Gasteiger partial charge in [0.05, 0.1) is 28.7 Å². The maximum Gasteiger partial charge on any atom is 0.265 e. The Kier molecular flexibility index (Phi) is 6.04. The van der Waals surface area contributed by atoms with Crippen LogP contribution >= 0.6 is 22.9 Å². The minimum Gasteiger partial charge on any atom is -0.370 e. The van der Waals surface area contributed by atoms with E-state index in [4.69, 9.17) is 11.6 Å². The van der Waals surface area contributed by atoms with Crippen molar-refractivity contribution in [1.29, 1.82) is 0 Å². The van der Waals surface area contributed by atoms with E-state index in [1.807, 2.05) is 6.92 Å². The van der Waals surface area contributed by atoms with Crippen LogP contribution in [0, 0.1) is 30.0 Å². The number of hydrogen-bond donors (Lipinski definition) is 2. The van der Waals surface area contributed by atoms with Gasteiger partial charge in [-0.3, -0.25) is 14.5 Å². The van der Waals surface area contributed by atoms with E-state index >= 15 is 4.39 Å². The maximum atomic E-state index is 15.2. The first-order valence-corrected chi connectivity index (χ1v) is 14.5. The number of benzene rings is 1. The molecule has 3 aromatic rings. The number of rotatable bonds is 6. The van der Waals surface area contributed by atoms with Crippen molar-refractivity contribution in [2.75, 3.05) is 34.3 Å². The monoisotopic (exact) mass is 548 g/mol. The molecule has 2 fully saturated rings. The Morgan fingerprint density at radius 2 is 1.83 bits per heavy atom. The summed E-state index contributed by atoms with van der Waals surface area (Å²) in [5.74, 6) is 0.459. The summed E-state index contributed by atoms with van der Waals surface area (Å²) in [6, 6.07) is 7.57. The first kappa shape index (κ1) is 25.0. The van der Waals surface area contributed by atoms with Crippen molar-refractivity contribution in [3.63, 3.8) is 0 Å². The van der Waals surface area contributed by atoms with E-state index in [0.717, 1.165) is 29.9 Å². The zero-order chi connectivity index (χ0) is 26.0. The minimum absolute atomic E-state index is 0.207. The van der Waals surface area contributed by atoms with Crippen molar-refractivity contribution in [3.05, 3.63) is 57.1 Å². The smallest absolute Gasteiger partial charge is 0.265 e. The van der Waals surface area contributed by atoms with Gasteiger partial charge in [0.15, 0.2) is 5.82 Å². The Labute approximate surface area is 218 Å². The fraction of sp³-hybridized carbons (Fsp3) is 0.360. The number of carbonyl (C=O) groups is 1. The molecule has 0 bridgehead atoms. The molecule has 2 aromatic heterocycles. The molecule has 1 saturated carbocycles. The summed E-state index contributed by atoms with van der Waals surface area (Å²) in [5, 5.41) is 2.98. The van der Waals surface area contributed by atoms with Crippen molar-refractivity contribution < 1.29 is 17.6 Å². The van der Waals surface area contributed by atoms with Gasteiger partial charge < -0.3 is 10.2 Å². The summed E-state index contributed by atoms with van der Waals surface area (Å²) >= 11 is 7.31. The number of amides is 1. The molecule has 190 valence electrons. The van der Waals surface area contributed by atoms with Gasteiger partial charge in [-0.1, -0.05) is 25.4 Å².